The zero-order valence-electron chi connectivity index (χ0n) is 14.0. The largest absolute Gasteiger partial charge is 0.394 e. The second-order valence-corrected chi connectivity index (χ2v) is 6.08. The molecule has 1 aromatic heterocycles. The molecule has 0 aliphatic carbocycles. The van der Waals surface area contributed by atoms with Gasteiger partial charge in [0.15, 0.2) is 0 Å². The Kier molecular flexibility index (Phi) is 4.92. The Morgan fingerprint density at radius 2 is 1.92 bits per heavy atom. The lowest BCUT2D eigenvalue weighted by Crippen LogP contribution is -2.49. The van der Waals surface area contributed by atoms with Crippen molar-refractivity contribution >= 4 is 5.91 Å². The van der Waals surface area contributed by atoms with E-state index in [0.29, 0.717) is 18.7 Å². The highest BCUT2D eigenvalue weighted by Crippen LogP contribution is 2.30. The molecule has 126 valence electrons. The summed E-state index contributed by atoms with van der Waals surface area (Å²) in [6.07, 6.45) is -0.422. The Hall–Kier alpha value is -2.24. The molecule has 2 atom stereocenters. The van der Waals surface area contributed by atoms with E-state index in [1.807, 2.05) is 44.2 Å². The Morgan fingerprint density at radius 3 is 2.54 bits per heavy atom. The second kappa shape index (κ2) is 7.11. The van der Waals surface area contributed by atoms with Gasteiger partial charge in [0.05, 0.1) is 19.3 Å². The first-order chi connectivity index (χ1) is 11.6. The molecule has 5 heteroatoms. The van der Waals surface area contributed by atoms with Crippen molar-refractivity contribution in [1.82, 2.24) is 9.88 Å². The molecule has 0 unspecified atom stereocenters. The molecule has 3 rings (SSSR count). The summed E-state index contributed by atoms with van der Waals surface area (Å²) in [6, 6.07) is 13.0. The number of carbonyl (C=O) groups is 1. The molecule has 2 heterocycles. The monoisotopic (exact) mass is 326 g/mol. The number of pyridine rings is 1. The molecule has 2 aromatic rings. The maximum Gasteiger partial charge on any atom is 0.254 e. The Balaban J connectivity index is 1.98. The van der Waals surface area contributed by atoms with Crippen LogP contribution in [0.3, 0.4) is 0 Å². The minimum atomic E-state index is -0.422. The van der Waals surface area contributed by atoms with Crippen LogP contribution in [0.2, 0.25) is 0 Å². The lowest BCUT2D eigenvalue weighted by molar-refractivity contribution is -0.0811. The fourth-order valence-electron chi connectivity index (χ4n) is 3.28. The van der Waals surface area contributed by atoms with Gasteiger partial charge in [-0.25, -0.2) is 0 Å². The predicted octanol–water partition coefficient (Wildman–Crippen LogP) is 2.27. The van der Waals surface area contributed by atoms with Crippen LogP contribution in [0.5, 0.6) is 0 Å². The van der Waals surface area contributed by atoms with Crippen molar-refractivity contribution < 1.29 is 14.6 Å². The average molecular weight is 326 g/mol. The van der Waals surface area contributed by atoms with Crippen LogP contribution in [0.4, 0.5) is 0 Å². The van der Waals surface area contributed by atoms with Crippen molar-refractivity contribution in [3.8, 4) is 0 Å². The predicted molar refractivity (Wildman–Crippen MR) is 90.8 cm³/mol. The van der Waals surface area contributed by atoms with Gasteiger partial charge in [0.2, 0.25) is 0 Å². The molecule has 1 aliphatic heterocycles. The number of rotatable bonds is 3. The smallest absolute Gasteiger partial charge is 0.254 e. The molecule has 1 aliphatic rings. The van der Waals surface area contributed by atoms with Crippen LogP contribution in [0, 0.1) is 13.8 Å². The highest BCUT2D eigenvalue weighted by Gasteiger charge is 2.36. The molecule has 1 fully saturated rings. The standard InChI is InChI=1S/C19H22N2O3/c1-13-10-16(11-14(2)20-13)19(23)21-8-9-24-17(12-22)18(21)15-6-4-3-5-7-15/h3-7,10-11,17-18,22H,8-9,12H2,1-2H3/t17-,18-/m1/s1. The summed E-state index contributed by atoms with van der Waals surface area (Å²) in [4.78, 5) is 19.2. The summed E-state index contributed by atoms with van der Waals surface area (Å²) in [7, 11) is 0. The van der Waals surface area contributed by atoms with Gasteiger partial charge in [-0.2, -0.15) is 0 Å². The van der Waals surface area contributed by atoms with Gasteiger partial charge in [-0.3, -0.25) is 9.78 Å². The molecular weight excluding hydrogens is 304 g/mol. The molecule has 1 saturated heterocycles. The Bertz CT molecular complexity index is 698. The van der Waals surface area contributed by atoms with E-state index in [4.69, 9.17) is 4.74 Å². The number of hydrogen-bond donors (Lipinski definition) is 1. The highest BCUT2D eigenvalue weighted by atomic mass is 16.5. The number of aryl methyl sites for hydroxylation is 2. The van der Waals surface area contributed by atoms with Crippen LogP contribution in [-0.4, -0.2) is 46.8 Å². The van der Waals surface area contributed by atoms with Gasteiger partial charge in [-0.1, -0.05) is 30.3 Å². The third kappa shape index (κ3) is 3.32. The first-order valence-electron chi connectivity index (χ1n) is 8.14. The second-order valence-electron chi connectivity index (χ2n) is 6.08. The maximum atomic E-state index is 13.1. The van der Waals surface area contributed by atoms with Gasteiger partial charge >= 0.3 is 0 Å². The minimum absolute atomic E-state index is 0.0563. The normalized spacial score (nSPS) is 20.9. The molecule has 1 amide bonds. The number of aliphatic hydroxyl groups excluding tert-OH is 1. The van der Waals surface area contributed by atoms with Crippen molar-refractivity contribution in [2.45, 2.75) is 26.0 Å². The van der Waals surface area contributed by atoms with Crippen LogP contribution in [0.15, 0.2) is 42.5 Å². The van der Waals surface area contributed by atoms with Crippen LogP contribution in [0.1, 0.15) is 33.4 Å². The van der Waals surface area contributed by atoms with E-state index < -0.39 is 6.10 Å². The zero-order valence-corrected chi connectivity index (χ0v) is 14.0. The molecule has 0 radical (unpaired) electrons. The zero-order chi connectivity index (χ0) is 17.1. The van der Waals surface area contributed by atoms with E-state index in [1.54, 1.807) is 17.0 Å². The van der Waals surface area contributed by atoms with Crippen molar-refractivity contribution in [2.24, 2.45) is 0 Å². The number of morpholine rings is 1. The molecule has 1 aromatic carbocycles. The van der Waals surface area contributed by atoms with Gasteiger partial charge in [0.25, 0.3) is 5.91 Å². The Labute approximate surface area is 141 Å². The van der Waals surface area contributed by atoms with Crippen molar-refractivity contribution in [1.29, 1.82) is 0 Å². The molecule has 0 saturated carbocycles. The summed E-state index contributed by atoms with van der Waals surface area (Å²) in [5.41, 5.74) is 3.23. The Morgan fingerprint density at radius 1 is 1.25 bits per heavy atom. The number of aliphatic hydroxyl groups is 1. The van der Waals surface area contributed by atoms with Crippen LogP contribution in [-0.2, 0) is 4.74 Å². The van der Waals surface area contributed by atoms with Gasteiger partial charge in [-0.15, -0.1) is 0 Å². The number of aromatic nitrogens is 1. The molecular formula is C19H22N2O3. The fourth-order valence-corrected chi connectivity index (χ4v) is 3.28. The molecule has 0 bridgehead atoms. The summed E-state index contributed by atoms with van der Waals surface area (Å²) in [5, 5.41) is 9.71. The van der Waals surface area contributed by atoms with E-state index in [-0.39, 0.29) is 18.6 Å². The lowest BCUT2D eigenvalue weighted by Gasteiger charge is -2.41. The van der Waals surface area contributed by atoms with Gasteiger partial charge in [0, 0.05) is 23.5 Å². The first-order valence-corrected chi connectivity index (χ1v) is 8.14. The van der Waals surface area contributed by atoms with Crippen LogP contribution in [0.25, 0.3) is 0 Å². The molecule has 1 N–H and O–H groups in total. The third-order valence-electron chi connectivity index (χ3n) is 4.26. The SMILES string of the molecule is Cc1cc(C(=O)N2CCO[C@H](CO)[C@H]2c2ccccc2)cc(C)n1. The van der Waals surface area contributed by atoms with E-state index in [9.17, 15) is 9.90 Å². The van der Waals surface area contributed by atoms with E-state index in [2.05, 4.69) is 4.98 Å². The number of hydrogen-bond acceptors (Lipinski definition) is 4. The van der Waals surface area contributed by atoms with Crippen LogP contribution >= 0.6 is 0 Å². The fraction of sp³-hybridized carbons (Fsp3) is 0.368. The number of ether oxygens (including phenoxy) is 1. The highest BCUT2D eigenvalue weighted by molar-refractivity contribution is 5.94. The van der Waals surface area contributed by atoms with Crippen LogP contribution < -0.4 is 0 Å². The van der Waals surface area contributed by atoms with Crippen molar-refractivity contribution in [2.75, 3.05) is 19.8 Å². The topological polar surface area (TPSA) is 62.7 Å². The lowest BCUT2D eigenvalue weighted by atomic mass is 9.97. The summed E-state index contributed by atoms with van der Waals surface area (Å²) < 4.78 is 5.70. The van der Waals surface area contributed by atoms with Crippen molar-refractivity contribution in [3.63, 3.8) is 0 Å². The number of amides is 1. The minimum Gasteiger partial charge on any atom is -0.394 e. The van der Waals surface area contributed by atoms with E-state index in [0.717, 1.165) is 17.0 Å². The number of carbonyl (C=O) groups excluding carboxylic acids is 1. The average Bonchev–Trinajstić information content (AvgIpc) is 2.60. The summed E-state index contributed by atoms with van der Waals surface area (Å²) in [5.74, 6) is -0.0563. The third-order valence-corrected chi connectivity index (χ3v) is 4.26. The molecule has 5 nitrogen and oxygen atoms in total. The van der Waals surface area contributed by atoms with Crippen molar-refractivity contribution in [3.05, 3.63) is 65.0 Å². The van der Waals surface area contributed by atoms with E-state index in [1.165, 1.54) is 0 Å². The first kappa shape index (κ1) is 16.6. The van der Waals surface area contributed by atoms with Gasteiger partial charge in [-0.05, 0) is 31.5 Å². The van der Waals surface area contributed by atoms with E-state index >= 15 is 0 Å². The quantitative estimate of drug-likeness (QED) is 0.940. The van der Waals surface area contributed by atoms with Gasteiger partial charge < -0.3 is 14.7 Å². The maximum absolute atomic E-state index is 13.1. The summed E-state index contributed by atoms with van der Waals surface area (Å²) in [6.45, 7) is 4.55. The van der Waals surface area contributed by atoms with Gasteiger partial charge in [0.1, 0.15) is 6.10 Å². The summed E-state index contributed by atoms with van der Waals surface area (Å²) >= 11 is 0. The number of nitrogens with zero attached hydrogens (tertiary/aromatic N) is 2. The molecule has 24 heavy (non-hydrogen) atoms. The number of benzene rings is 1. The molecule has 0 spiro atoms.